The molecule has 0 aliphatic carbocycles. The summed E-state index contributed by atoms with van der Waals surface area (Å²) in [4.78, 5) is 14.4. The lowest BCUT2D eigenvalue weighted by molar-refractivity contribution is 0.592. The van der Waals surface area contributed by atoms with Crippen LogP contribution >= 0.6 is 7.14 Å². The van der Waals surface area contributed by atoms with E-state index in [0.29, 0.717) is 0 Å². The van der Waals surface area contributed by atoms with Crippen LogP contribution < -0.4 is 15.9 Å². The molecule has 4 aromatic heterocycles. The first-order valence-corrected chi connectivity index (χ1v) is 15.9. The van der Waals surface area contributed by atoms with Gasteiger partial charge in [-0.1, -0.05) is 84.9 Å². The minimum Gasteiger partial charge on any atom is -0.309 e. The number of rotatable bonds is 3. The Kier molecular flexibility index (Phi) is 5.11. The average Bonchev–Trinajstić information content (AvgIpc) is 3.48. The van der Waals surface area contributed by atoms with Crippen molar-refractivity contribution in [3.63, 3.8) is 0 Å². The van der Waals surface area contributed by atoms with Gasteiger partial charge in [-0.05, 0) is 47.9 Å². The van der Waals surface area contributed by atoms with Crippen LogP contribution in [0.2, 0.25) is 0 Å². The Morgan fingerprint density at radius 1 is 0.535 bits per heavy atom. The maximum atomic E-state index is 16.2. The number of para-hydroxylation sites is 2. The van der Waals surface area contributed by atoms with Crippen LogP contribution in [0.15, 0.2) is 140 Å². The molecule has 0 spiro atoms. The topological polar surface area (TPSA) is 60.2 Å². The summed E-state index contributed by atoms with van der Waals surface area (Å²) in [5.74, 6) is 0. The molecule has 0 fully saturated rings. The molecular formula is C37H23N4OP. The number of hydrogen-bond donors (Lipinski definition) is 0. The van der Waals surface area contributed by atoms with Crippen molar-refractivity contribution in [3.05, 3.63) is 140 Å². The van der Waals surface area contributed by atoms with Gasteiger partial charge in [0.1, 0.15) is 5.65 Å². The lowest BCUT2D eigenvalue weighted by Crippen LogP contribution is -2.26. The van der Waals surface area contributed by atoms with E-state index in [1.807, 2.05) is 84.9 Å². The minimum atomic E-state index is -3.48. The summed E-state index contributed by atoms with van der Waals surface area (Å²) in [5.41, 5.74) is 5.14. The summed E-state index contributed by atoms with van der Waals surface area (Å²) in [6.45, 7) is 0. The highest BCUT2D eigenvalue weighted by molar-refractivity contribution is 7.85. The van der Waals surface area contributed by atoms with Crippen LogP contribution in [0.1, 0.15) is 0 Å². The van der Waals surface area contributed by atoms with Gasteiger partial charge in [-0.2, -0.15) is 0 Å². The number of benzene rings is 5. The van der Waals surface area contributed by atoms with Crippen molar-refractivity contribution in [2.45, 2.75) is 0 Å². The third-order valence-corrected chi connectivity index (χ3v) is 11.6. The Bertz CT molecular complexity index is 2540. The summed E-state index contributed by atoms with van der Waals surface area (Å²) in [6, 6.07) is 42.6. The van der Waals surface area contributed by atoms with Crippen LogP contribution in [0.25, 0.3) is 60.2 Å². The molecule has 0 radical (unpaired) electrons. The Balaban J connectivity index is 1.47. The summed E-state index contributed by atoms with van der Waals surface area (Å²) in [5, 5.41) is 7.52. The second-order valence-electron chi connectivity index (χ2n) is 10.8. The summed E-state index contributed by atoms with van der Waals surface area (Å²) in [7, 11) is -3.48. The van der Waals surface area contributed by atoms with Crippen LogP contribution in [0.5, 0.6) is 0 Å². The fourth-order valence-corrected chi connectivity index (χ4v) is 9.36. The van der Waals surface area contributed by atoms with E-state index in [9.17, 15) is 0 Å². The second-order valence-corrected chi connectivity index (χ2v) is 13.6. The van der Waals surface area contributed by atoms with E-state index in [2.05, 4.69) is 56.8 Å². The van der Waals surface area contributed by atoms with Gasteiger partial charge in [0.25, 0.3) is 0 Å². The summed E-state index contributed by atoms with van der Waals surface area (Å²) in [6.07, 6.45) is 3.55. The Hall–Kier alpha value is -5.38. The number of aromatic nitrogens is 4. The number of nitrogens with zero attached hydrogens (tertiary/aromatic N) is 4. The molecule has 43 heavy (non-hydrogen) atoms. The predicted molar refractivity (Wildman–Crippen MR) is 178 cm³/mol. The second kappa shape index (κ2) is 9.06. The third-order valence-electron chi connectivity index (χ3n) is 8.50. The average molecular weight is 571 g/mol. The van der Waals surface area contributed by atoms with Crippen molar-refractivity contribution >= 4 is 83.2 Å². The first-order valence-electron chi connectivity index (χ1n) is 14.2. The fraction of sp³-hybridized carbons (Fsp3) is 0. The Morgan fingerprint density at radius 3 is 1.86 bits per heavy atom. The molecular weight excluding hydrogens is 547 g/mol. The SMILES string of the molecule is O=P(c1ccc2cccnc2c1)(c1ccc2cccnc2c1)c1cccc2nc3c4ccccc4c4ccccc4n3c12. The molecule has 0 unspecified atom stereocenters. The minimum absolute atomic E-state index is 0.724. The zero-order chi connectivity index (χ0) is 28.5. The molecule has 0 amide bonds. The molecule has 0 saturated heterocycles. The van der Waals surface area contributed by atoms with Crippen molar-refractivity contribution in [2.24, 2.45) is 0 Å². The van der Waals surface area contributed by atoms with E-state index in [0.717, 1.165) is 76.1 Å². The number of hydrogen-bond acceptors (Lipinski definition) is 4. The zero-order valence-electron chi connectivity index (χ0n) is 22.9. The molecule has 0 aliphatic rings. The molecule has 9 aromatic rings. The Morgan fingerprint density at radius 2 is 1.16 bits per heavy atom. The molecule has 0 saturated carbocycles. The molecule has 9 rings (SSSR count). The van der Waals surface area contributed by atoms with E-state index < -0.39 is 7.14 Å². The van der Waals surface area contributed by atoms with Gasteiger partial charge in [0, 0.05) is 49.9 Å². The van der Waals surface area contributed by atoms with Gasteiger partial charge >= 0.3 is 0 Å². The smallest absolute Gasteiger partial charge is 0.173 e. The molecule has 0 bridgehead atoms. The molecule has 6 heteroatoms. The lowest BCUT2D eigenvalue weighted by atomic mass is 10.1. The summed E-state index contributed by atoms with van der Waals surface area (Å²) >= 11 is 0. The van der Waals surface area contributed by atoms with Crippen molar-refractivity contribution in [1.29, 1.82) is 0 Å². The van der Waals surface area contributed by atoms with Crippen molar-refractivity contribution in [2.75, 3.05) is 0 Å². The van der Waals surface area contributed by atoms with Crippen LogP contribution in [-0.2, 0) is 4.57 Å². The van der Waals surface area contributed by atoms with Gasteiger partial charge in [0.05, 0.1) is 27.6 Å². The maximum absolute atomic E-state index is 16.2. The van der Waals surface area contributed by atoms with Gasteiger partial charge in [0.15, 0.2) is 7.14 Å². The van der Waals surface area contributed by atoms with Gasteiger partial charge in [0.2, 0.25) is 0 Å². The van der Waals surface area contributed by atoms with Crippen molar-refractivity contribution < 1.29 is 4.57 Å². The first-order chi connectivity index (χ1) is 21.2. The first kappa shape index (κ1) is 24.2. The van der Waals surface area contributed by atoms with Gasteiger partial charge in [-0.25, -0.2) is 4.98 Å². The highest BCUT2D eigenvalue weighted by Crippen LogP contribution is 2.46. The van der Waals surface area contributed by atoms with E-state index in [4.69, 9.17) is 4.98 Å². The van der Waals surface area contributed by atoms with Gasteiger partial charge in [-0.15, -0.1) is 0 Å². The molecule has 0 atom stereocenters. The number of fused-ring (bicyclic) bond motifs is 10. The largest absolute Gasteiger partial charge is 0.309 e. The molecule has 202 valence electrons. The molecule has 0 N–H and O–H groups in total. The van der Waals surface area contributed by atoms with Crippen LogP contribution in [0.4, 0.5) is 0 Å². The highest BCUT2D eigenvalue weighted by Gasteiger charge is 2.34. The molecule has 4 heterocycles. The molecule has 0 aliphatic heterocycles. The zero-order valence-corrected chi connectivity index (χ0v) is 23.8. The van der Waals surface area contributed by atoms with Gasteiger partial charge in [-0.3, -0.25) is 14.4 Å². The van der Waals surface area contributed by atoms with Crippen LogP contribution in [0.3, 0.4) is 0 Å². The van der Waals surface area contributed by atoms with E-state index >= 15 is 4.57 Å². The lowest BCUT2D eigenvalue weighted by Gasteiger charge is -2.22. The van der Waals surface area contributed by atoms with Crippen LogP contribution in [0, 0.1) is 0 Å². The summed E-state index contributed by atoms with van der Waals surface area (Å²) < 4.78 is 18.4. The third kappa shape index (κ3) is 3.46. The monoisotopic (exact) mass is 570 g/mol. The van der Waals surface area contributed by atoms with E-state index in [-0.39, 0.29) is 0 Å². The van der Waals surface area contributed by atoms with E-state index in [1.165, 1.54) is 0 Å². The fourth-order valence-electron chi connectivity index (χ4n) is 6.52. The van der Waals surface area contributed by atoms with Crippen molar-refractivity contribution in [1.82, 2.24) is 19.4 Å². The van der Waals surface area contributed by atoms with Crippen molar-refractivity contribution in [3.8, 4) is 0 Å². The Labute approximate surface area is 246 Å². The molecule has 5 nitrogen and oxygen atoms in total. The maximum Gasteiger partial charge on any atom is 0.173 e. The van der Waals surface area contributed by atoms with Crippen LogP contribution in [-0.4, -0.2) is 19.4 Å². The molecule has 5 aromatic carbocycles. The normalized spacial score (nSPS) is 12.3. The number of imidazole rings is 1. The number of pyridine rings is 3. The van der Waals surface area contributed by atoms with Gasteiger partial charge < -0.3 is 4.57 Å². The quantitative estimate of drug-likeness (QED) is 0.163. The standard InChI is InChI=1S/C37H23N4OP/c42-43(26-18-16-24-8-6-20-38-32(24)22-26,27-19-17-25-9-7-21-39-33(25)23-27)35-15-5-13-31-36(35)41-34-14-4-3-11-29(34)28-10-1-2-12-30(28)37(41)40-31/h1-23H. The van der Waals surface area contributed by atoms with E-state index in [1.54, 1.807) is 12.4 Å². The highest BCUT2D eigenvalue weighted by atomic mass is 31.2. The predicted octanol–water partition coefficient (Wildman–Crippen LogP) is 7.53.